The monoisotopic (exact) mass is 210 g/mol. The van der Waals surface area contributed by atoms with E-state index in [1.807, 2.05) is 6.08 Å². The molecular formula is C13H22S. The molecule has 14 heavy (non-hydrogen) atoms. The molecule has 0 saturated carbocycles. The first-order valence-corrected chi connectivity index (χ1v) is 5.86. The summed E-state index contributed by atoms with van der Waals surface area (Å²) in [6.45, 7) is 10.3. The lowest BCUT2D eigenvalue weighted by Crippen LogP contribution is -2.16. The average Bonchev–Trinajstić information content (AvgIpc) is 2.18. The molecule has 0 radical (unpaired) electrons. The first-order valence-electron chi connectivity index (χ1n) is 5.23. The van der Waals surface area contributed by atoms with E-state index in [0.717, 1.165) is 12.2 Å². The Kier molecular flexibility index (Phi) is 6.78. The lowest BCUT2D eigenvalue weighted by atomic mass is 9.76. The number of rotatable bonds is 6. The molecule has 0 aromatic carbocycles. The molecule has 0 N–H and O–H groups in total. The second-order valence-corrected chi connectivity index (χ2v) is 4.30. The second-order valence-electron chi connectivity index (χ2n) is 3.93. The van der Waals surface area contributed by atoms with Crippen molar-refractivity contribution in [1.82, 2.24) is 0 Å². The number of hydrogen-bond acceptors (Lipinski definition) is 1. The Hall–Kier alpha value is -0.390. The molecule has 0 nitrogen and oxygen atoms in total. The maximum Gasteiger partial charge on any atom is 0.00852 e. The van der Waals surface area contributed by atoms with Crippen LogP contribution in [0.25, 0.3) is 0 Å². The van der Waals surface area contributed by atoms with Crippen LogP contribution in [0.1, 0.15) is 40.0 Å². The van der Waals surface area contributed by atoms with Crippen molar-refractivity contribution in [1.29, 1.82) is 0 Å². The fourth-order valence-corrected chi connectivity index (χ4v) is 1.80. The first kappa shape index (κ1) is 13.6. The topological polar surface area (TPSA) is 0 Å². The molecule has 0 spiro atoms. The number of thiol groups is 1. The number of allylic oxidation sites excluding steroid dienone is 2. The van der Waals surface area contributed by atoms with Crippen molar-refractivity contribution in [3.05, 3.63) is 30.0 Å². The van der Waals surface area contributed by atoms with Crippen LogP contribution >= 0.6 is 12.6 Å². The molecule has 0 aromatic heterocycles. The Labute approximate surface area is 94.2 Å². The van der Waals surface area contributed by atoms with Crippen molar-refractivity contribution < 1.29 is 0 Å². The lowest BCUT2D eigenvalue weighted by molar-refractivity contribution is 0.353. The highest BCUT2D eigenvalue weighted by atomic mass is 32.1. The Balaban J connectivity index is 4.45. The molecule has 1 unspecified atom stereocenters. The van der Waals surface area contributed by atoms with E-state index in [1.165, 1.54) is 18.4 Å². The summed E-state index contributed by atoms with van der Waals surface area (Å²) in [5, 5.41) is 0. The highest BCUT2D eigenvalue weighted by Crippen LogP contribution is 2.35. The van der Waals surface area contributed by atoms with Gasteiger partial charge in [-0.25, -0.2) is 0 Å². The molecule has 1 atom stereocenters. The summed E-state index contributed by atoms with van der Waals surface area (Å²) < 4.78 is 0. The molecule has 0 aliphatic carbocycles. The standard InChI is InChI=1S/C13H22S/c1-5-7-8-10-13(4,6-2)12(3)9-11-14/h7,9,14H,1,6,8,10-11H2,2-4H3/b12-9+. The Morgan fingerprint density at radius 1 is 1.57 bits per heavy atom. The van der Waals surface area contributed by atoms with Gasteiger partial charge in [-0.1, -0.05) is 32.1 Å². The van der Waals surface area contributed by atoms with Gasteiger partial charge in [0.2, 0.25) is 0 Å². The number of hydrogen-bond donors (Lipinski definition) is 1. The van der Waals surface area contributed by atoms with E-state index in [9.17, 15) is 0 Å². The van der Waals surface area contributed by atoms with Crippen LogP contribution in [-0.2, 0) is 0 Å². The molecule has 0 saturated heterocycles. The Morgan fingerprint density at radius 3 is 2.64 bits per heavy atom. The van der Waals surface area contributed by atoms with E-state index in [0.29, 0.717) is 5.41 Å². The van der Waals surface area contributed by atoms with Crippen molar-refractivity contribution in [3.63, 3.8) is 0 Å². The quantitative estimate of drug-likeness (QED) is 0.375. The second kappa shape index (κ2) is 6.98. The van der Waals surface area contributed by atoms with E-state index in [-0.39, 0.29) is 0 Å². The lowest BCUT2D eigenvalue weighted by Gasteiger charge is -2.29. The molecule has 0 aromatic rings. The molecule has 0 amide bonds. The molecular weight excluding hydrogens is 188 g/mol. The van der Waals surface area contributed by atoms with Gasteiger partial charge in [-0.15, -0.1) is 5.73 Å². The van der Waals surface area contributed by atoms with Gasteiger partial charge in [0.15, 0.2) is 0 Å². The zero-order chi connectivity index (χ0) is 11.0. The predicted octanol–water partition coefficient (Wildman–Crippen LogP) is 4.40. The van der Waals surface area contributed by atoms with Crippen molar-refractivity contribution in [2.45, 2.75) is 40.0 Å². The van der Waals surface area contributed by atoms with Crippen molar-refractivity contribution in [3.8, 4) is 0 Å². The zero-order valence-corrected chi connectivity index (χ0v) is 10.5. The average molecular weight is 210 g/mol. The molecule has 0 heterocycles. The maximum absolute atomic E-state index is 4.23. The van der Waals surface area contributed by atoms with E-state index < -0.39 is 0 Å². The highest BCUT2D eigenvalue weighted by Gasteiger charge is 2.22. The van der Waals surface area contributed by atoms with E-state index in [2.05, 4.69) is 51.8 Å². The highest BCUT2D eigenvalue weighted by molar-refractivity contribution is 7.80. The fraction of sp³-hybridized carbons (Fsp3) is 0.615. The molecule has 0 aliphatic rings. The van der Waals surface area contributed by atoms with E-state index in [1.54, 1.807) is 0 Å². The van der Waals surface area contributed by atoms with Gasteiger partial charge < -0.3 is 0 Å². The summed E-state index contributed by atoms with van der Waals surface area (Å²) in [5.74, 6) is 0.832. The minimum absolute atomic E-state index is 0.316. The zero-order valence-electron chi connectivity index (χ0n) is 9.64. The molecule has 0 aliphatic heterocycles. The van der Waals surface area contributed by atoms with Crippen LogP contribution in [0.5, 0.6) is 0 Å². The van der Waals surface area contributed by atoms with Gasteiger partial charge in [0, 0.05) is 5.75 Å². The predicted molar refractivity (Wildman–Crippen MR) is 69.0 cm³/mol. The smallest absolute Gasteiger partial charge is 0.00852 e. The fourth-order valence-electron chi connectivity index (χ4n) is 1.53. The maximum atomic E-state index is 4.23. The van der Waals surface area contributed by atoms with Crippen LogP contribution in [0.2, 0.25) is 0 Å². The molecule has 0 fully saturated rings. The minimum Gasteiger partial charge on any atom is -0.175 e. The molecule has 1 heteroatoms. The third kappa shape index (κ3) is 4.21. The van der Waals surface area contributed by atoms with Gasteiger partial charge in [0.25, 0.3) is 0 Å². The van der Waals surface area contributed by atoms with Crippen LogP contribution < -0.4 is 0 Å². The van der Waals surface area contributed by atoms with Gasteiger partial charge in [-0.2, -0.15) is 12.6 Å². The van der Waals surface area contributed by atoms with E-state index >= 15 is 0 Å². The Morgan fingerprint density at radius 2 is 2.21 bits per heavy atom. The van der Waals surface area contributed by atoms with Crippen LogP contribution in [0.15, 0.2) is 30.0 Å². The summed E-state index contributed by atoms with van der Waals surface area (Å²) in [6, 6.07) is 0. The van der Waals surface area contributed by atoms with Gasteiger partial charge >= 0.3 is 0 Å². The van der Waals surface area contributed by atoms with Crippen LogP contribution in [0, 0.1) is 5.41 Å². The van der Waals surface area contributed by atoms with E-state index in [4.69, 9.17) is 0 Å². The van der Waals surface area contributed by atoms with Crippen LogP contribution in [-0.4, -0.2) is 5.75 Å². The SMILES string of the molecule is C=C=CCCC(C)(CC)/C(C)=C/CS. The van der Waals surface area contributed by atoms with Crippen LogP contribution in [0.3, 0.4) is 0 Å². The van der Waals surface area contributed by atoms with Gasteiger partial charge in [-0.3, -0.25) is 0 Å². The first-order chi connectivity index (χ1) is 6.60. The van der Waals surface area contributed by atoms with Crippen molar-refractivity contribution in [2.24, 2.45) is 5.41 Å². The van der Waals surface area contributed by atoms with Crippen molar-refractivity contribution >= 4 is 12.6 Å². The van der Waals surface area contributed by atoms with Gasteiger partial charge in [-0.05, 0) is 37.7 Å². The third-order valence-electron chi connectivity index (χ3n) is 3.11. The van der Waals surface area contributed by atoms with Gasteiger partial charge in [0.05, 0.1) is 0 Å². The normalized spacial score (nSPS) is 15.9. The Bertz CT molecular complexity index is 234. The largest absolute Gasteiger partial charge is 0.175 e. The van der Waals surface area contributed by atoms with Crippen molar-refractivity contribution in [2.75, 3.05) is 5.75 Å². The summed E-state index contributed by atoms with van der Waals surface area (Å²) in [7, 11) is 0. The summed E-state index contributed by atoms with van der Waals surface area (Å²) in [6.07, 6.45) is 7.63. The summed E-state index contributed by atoms with van der Waals surface area (Å²) >= 11 is 4.23. The minimum atomic E-state index is 0.316. The molecule has 0 bridgehead atoms. The van der Waals surface area contributed by atoms with Gasteiger partial charge in [0.1, 0.15) is 0 Å². The van der Waals surface area contributed by atoms with Crippen LogP contribution in [0.4, 0.5) is 0 Å². The molecule has 0 rings (SSSR count). The summed E-state index contributed by atoms with van der Waals surface area (Å²) in [5.41, 5.74) is 4.59. The summed E-state index contributed by atoms with van der Waals surface area (Å²) in [4.78, 5) is 0. The third-order valence-corrected chi connectivity index (χ3v) is 3.30. The molecule has 80 valence electrons.